The second kappa shape index (κ2) is 7.21. The van der Waals surface area contributed by atoms with Crippen molar-refractivity contribution in [1.29, 1.82) is 0 Å². The van der Waals surface area contributed by atoms with E-state index < -0.39 is 0 Å². The Labute approximate surface area is 149 Å². The lowest BCUT2D eigenvalue weighted by molar-refractivity contribution is 0.207. The molecule has 3 rings (SSSR count). The number of aromatic nitrogens is 2. The Morgan fingerprint density at radius 2 is 2.04 bits per heavy atom. The zero-order valence-corrected chi connectivity index (χ0v) is 15.3. The van der Waals surface area contributed by atoms with Crippen molar-refractivity contribution in [3.63, 3.8) is 0 Å². The largest absolute Gasteiger partial charge is 0.408 e. The van der Waals surface area contributed by atoms with Gasteiger partial charge in [-0.3, -0.25) is 0 Å². The van der Waals surface area contributed by atoms with Gasteiger partial charge in [-0.1, -0.05) is 34.0 Å². The minimum absolute atomic E-state index is 0.0924. The maximum Gasteiger partial charge on any atom is 0.321 e. The van der Waals surface area contributed by atoms with Crippen molar-refractivity contribution in [1.82, 2.24) is 15.1 Å². The Hall–Kier alpha value is -2.09. The monoisotopic (exact) mass is 393 g/mol. The molecule has 1 aromatic carbocycles. The van der Waals surface area contributed by atoms with Crippen LogP contribution in [-0.2, 0) is 6.42 Å². The number of anilines is 2. The van der Waals surface area contributed by atoms with Crippen molar-refractivity contribution < 1.29 is 9.21 Å². The highest BCUT2D eigenvalue weighted by molar-refractivity contribution is 9.10. The van der Waals surface area contributed by atoms with Gasteiger partial charge in [0.25, 0.3) is 0 Å². The molecule has 1 aliphatic heterocycles. The quantitative estimate of drug-likeness (QED) is 0.866. The van der Waals surface area contributed by atoms with Crippen LogP contribution in [0.4, 0.5) is 16.5 Å². The topological polar surface area (TPSA) is 74.5 Å². The summed E-state index contributed by atoms with van der Waals surface area (Å²) in [7, 11) is 0. The molecule has 2 amide bonds. The predicted octanol–water partition coefficient (Wildman–Crippen LogP) is 3.06. The number of nitrogens with zero attached hydrogens (tertiary/aromatic N) is 4. The number of urea groups is 1. The molecule has 1 aliphatic rings. The normalized spacial score (nSPS) is 14.8. The third kappa shape index (κ3) is 3.69. The number of benzene rings is 1. The fourth-order valence-electron chi connectivity index (χ4n) is 2.49. The number of aryl methyl sites for hydroxylation is 2. The van der Waals surface area contributed by atoms with Crippen LogP contribution in [0.3, 0.4) is 0 Å². The lowest BCUT2D eigenvalue weighted by Crippen LogP contribution is -2.50. The standard InChI is InChI=1S/C16H20BrN5O2/c1-3-14-19-20-16(24-14)22-8-6-21(7-9-22)15(23)18-12-5-4-11(2)13(17)10-12/h4-5,10H,3,6-9H2,1-2H3,(H,18,23). The SMILES string of the molecule is CCc1nnc(N2CCN(C(=O)Nc3ccc(C)c(Br)c3)CC2)o1. The van der Waals surface area contributed by atoms with Crippen LogP contribution in [0, 0.1) is 6.92 Å². The van der Waals surface area contributed by atoms with Crippen molar-refractivity contribution in [3.8, 4) is 0 Å². The number of amides is 2. The average Bonchev–Trinajstić information content (AvgIpc) is 3.07. The summed E-state index contributed by atoms with van der Waals surface area (Å²) >= 11 is 3.48. The Morgan fingerprint density at radius 1 is 1.29 bits per heavy atom. The smallest absolute Gasteiger partial charge is 0.321 e. The second-order valence-corrected chi connectivity index (χ2v) is 6.55. The molecule has 0 atom stereocenters. The first-order chi connectivity index (χ1) is 11.6. The van der Waals surface area contributed by atoms with Gasteiger partial charge in [-0.25, -0.2) is 4.79 Å². The molecule has 1 saturated heterocycles. The summed E-state index contributed by atoms with van der Waals surface area (Å²) in [6, 6.07) is 6.23. The van der Waals surface area contributed by atoms with Gasteiger partial charge in [0.2, 0.25) is 5.89 Å². The first kappa shape index (κ1) is 16.8. The summed E-state index contributed by atoms with van der Waals surface area (Å²) in [5, 5.41) is 11.0. The van der Waals surface area contributed by atoms with Crippen molar-refractivity contribution in [2.24, 2.45) is 0 Å². The van der Waals surface area contributed by atoms with E-state index >= 15 is 0 Å². The van der Waals surface area contributed by atoms with E-state index in [1.807, 2.05) is 36.9 Å². The Morgan fingerprint density at radius 3 is 2.67 bits per heavy atom. The molecule has 1 aromatic heterocycles. The number of carbonyl (C=O) groups is 1. The van der Waals surface area contributed by atoms with E-state index in [2.05, 4.69) is 31.4 Å². The molecular formula is C16H20BrN5O2. The summed E-state index contributed by atoms with van der Waals surface area (Å²) in [5.74, 6) is 0.634. The third-order valence-corrected chi connectivity index (χ3v) is 4.87. The first-order valence-electron chi connectivity index (χ1n) is 7.96. The molecule has 0 bridgehead atoms. The highest BCUT2D eigenvalue weighted by Gasteiger charge is 2.24. The number of rotatable bonds is 3. The highest BCUT2D eigenvalue weighted by atomic mass is 79.9. The van der Waals surface area contributed by atoms with Gasteiger partial charge in [-0.15, -0.1) is 5.10 Å². The Bertz CT molecular complexity index is 725. The van der Waals surface area contributed by atoms with Crippen molar-refractivity contribution in [2.45, 2.75) is 20.3 Å². The van der Waals surface area contributed by atoms with E-state index in [1.165, 1.54) is 0 Å². The van der Waals surface area contributed by atoms with Crippen LogP contribution in [0.5, 0.6) is 0 Å². The number of piperazine rings is 1. The molecule has 0 unspecified atom stereocenters. The Balaban J connectivity index is 1.55. The summed E-state index contributed by atoms with van der Waals surface area (Å²) in [5.41, 5.74) is 1.91. The van der Waals surface area contributed by atoms with Crippen LogP contribution in [0.2, 0.25) is 0 Å². The van der Waals surface area contributed by atoms with E-state index in [4.69, 9.17) is 4.42 Å². The molecule has 7 nitrogen and oxygen atoms in total. The van der Waals surface area contributed by atoms with Gasteiger partial charge < -0.3 is 19.5 Å². The van der Waals surface area contributed by atoms with Gasteiger partial charge in [0, 0.05) is 42.8 Å². The molecule has 0 aliphatic carbocycles. The van der Waals surface area contributed by atoms with Gasteiger partial charge in [-0.2, -0.15) is 0 Å². The fraction of sp³-hybridized carbons (Fsp3) is 0.438. The van der Waals surface area contributed by atoms with Crippen LogP contribution in [0.15, 0.2) is 27.1 Å². The summed E-state index contributed by atoms with van der Waals surface area (Å²) < 4.78 is 6.55. The van der Waals surface area contributed by atoms with Gasteiger partial charge in [0.05, 0.1) is 0 Å². The number of nitrogens with one attached hydrogen (secondary N) is 1. The van der Waals surface area contributed by atoms with E-state index in [9.17, 15) is 4.79 Å². The Kier molecular flexibility index (Phi) is 5.03. The molecule has 2 aromatic rings. The maximum absolute atomic E-state index is 12.4. The van der Waals surface area contributed by atoms with Crippen LogP contribution < -0.4 is 10.2 Å². The van der Waals surface area contributed by atoms with Gasteiger partial charge in [0.15, 0.2) is 0 Å². The molecule has 0 spiro atoms. The van der Waals surface area contributed by atoms with Crippen LogP contribution in [0.25, 0.3) is 0 Å². The van der Waals surface area contributed by atoms with E-state index in [1.54, 1.807) is 4.90 Å². The first-order valence-corrected chi connectivity index (χ1v) is 8.75. The number of hydrogen-bond acceptors (Lipinski definition) is 5. The maximum atomic E-state index is 12.4. The van der Waals surface area contributed by atoms with Crippen molar-refractivity contribution in [2.75, 3.05) is 36.4 Å². The molecular weight excluding hydrogens is 374 g/mol. The third-order valence-electron chi connectivity index (χ3n) is 4.02. The molecule has 8 heteroatoms. The fourth-order valence-corrected chi connectivity index (χ4v) is 2.87. The van der Waals surface area contributed by atoms with E-state index in [0.717, 1.165) is 22.1 Å². The van der Waals surface area contributed by atoms with Crippen LogP contribution >= 0.6 is 15.9 Å². The number of halogens is 1. The van der Waals surface area contributed by atoms with E-state index in [0.29, 0.717) is 38.1 Å². The summed E-state index contributed by atoms with van der Waals surface area (Å²) in [6.07, 6.45) is 0.724. The summed E-state index contributed by atoms with van der Waals surface area (Å²) in [4.78, 5) is 16.2. The molecule has 0 radical (unpaired) electrons. The second-order valence-electron chi connectivity index (χ2n) is 5.70. The van der Waals surface area contributed by atoms with Gasteiger partial charge in [0.1, 0.15) is 0 Å². The lowest BCUT2D eigenvalue weighted by Gasteiger charge is -2.33. The van der Waals surface area contributed by atoms with E-state index in [-0.39, 0.29) is 6.03 Å². The minimum Gasteiger partial charge on any atom is -0.408 e. The van der Waals surface area contributed by atoms with Crippen molar-refractivity contribution >= 4 is 33.7 Å². The molecule has 2 heterocycles. The van der Waals surface area contributed by atoms with Crippen LogP contribution in [0.1, 0.15) is 18.4 Å². The minimum atomic E-state index is -0.0924. The predicted molar refractivity (Wildman–Crippen MR) is 95.4 cm³/mol. The van der Waals surface area contributed by atoms with Gasteiger partial charge >= 0.3 is 12.0 Å². The number of carbonyl (C=O) groups excluding carboxylic acids is 1. The summed E-state index contributed by atoms with van der Waals surface area (Å²) in [6.45, 7) is 6.57. The molecule has 0 saturated carbocycles. The van der Waals surface area contributed by atoms with Crippen molar-refractivity contribution in [3.05, 3.63) is 34.1 Å². The molecule has 1 N–H and O–H groups in total. The average molecular weight is 394 g/mol. The molecule has 128 valence electrons. The highest BCUT2D eigenvalue weighted by Crippen LogP contribution is 2.21. The number of hydrogen-bond donors (Lipinski definition) is 1. The molecule has 1 fully saturated rings. The molecule has 24 heavy (non-hydrogen) atoms. The van der Waals surface area contributed by atoms with Crippen LogP contribution in [-0.4, -0.2) is 47.3 Å². The lowest BCUT2D eigenvalue weighted by atomic mass is 10.2. The van der Waals surface area contributed by atoms with Gasteiger partial charge in [-0.05, 0) is 24.6 Å². The zero-order valence-electron chi connectivity index (χ0n) is 13.8. The zero-order chi connectivity index (χ0) is 17.1.